The summed E-state index contributed by atoms with van der Waals surface area (Å²) < 4.78 is 33.3. The summed E-state index contributed by atoms with van der Waals surface area (Å²) in [6.07, 6.45) is 8.88. The molecule has 3 aliphatic heterocycles. The van der Waals surface area contributed by atoms with E-state index < -0.39 is 56.9 Å². The predicted octanol–water partition coefficient (Wildman–Crippen LogP) is 2.34. The highest BCUT2D eigenvalue weighted by molar-refractivity contribution is 7.91. The molecule has 1 aromatic rings. The Hall–Kier alpha value is -3.61. The standard InChI is InChI=1S/C30H39N5O7S/c36-26-25-17-22(42-29(39)34-16-8-10-20-9-5-6-12-24(20)34)19-35(25)28(38)31-15-7-3-1-2-4-11-21-18-30(21,32-26)27(37)33-43(40,41)23-13-14-23/h4-6,9,11-12,21-23,25H,1-3,7-8,10,13-19H2,(H,31,38)(H,32,36)(H,33,37). The number of anilines is 1. The molecule has 1 aromatic carbocycles. The Morgan fingerprint density at radius 1 is 1.07 bits per heavy atom. The summed E-state index contributed by atoms with van der Waals surface area (Å²) in [6, 6.07) is 6.21. The van der Waals surface area contributed by atoms with Crippen LogP contribution in [0.25, 0.3) is 0 Å². The molecule has 0 radical (unpaired) electrons. The Bertz CT molecular complexity index is 1430. The van der Waals surface area contributed by atoms with E-state index in [1.807, 2.05) is 36.4 Å². The van der Waals surface area contributed by atoms with Crippen LogP contribution in [-0.4, -0.2) is 79.8 Å². The van der Waals surface area contributed by atoms with Crippen LogP contribution in [0.1, 0.15) is 63.4 Å². The molecule has 2 aliphatic carbocycles. The molecule has 5 aliphatic rings. The third-order valence-corrected chi connectivity index (χ3v) is 10.9. The third-order valence-electron chi connectivity index (χ3n) is 9.08. The summed E-state index contributed by atoms with van der Waals surface area (Å²) in [7, 11) is -3.82. The lowest BCUT2D eigenvalue weighted by Crippen LogP contribution is -2.57. The van der Waals surface area contributed by atoms with Crippen molar-refractivity contribution in [1.29, 1.82) is 0 Å². The van der Waals surface area contributed by atoms with Gasteiger partial charge in [-0.05, 0) is 63.0 Å². The smallest absolute Gasteiger partial charge is 0.414 e. The molecule has 0 aromatic heterocycles. The van der Waals surface area contributed by atoms with Crippen molar-refractivity contribution >= 4 is 39.6 Å². The van der Waals surface area contributed by atoms with Crippen LogP contribution in [0.15, 0.2) is 36.4 Å². The molecule has 4 unspecified atom stereocenters. The zero-order valence-electron chi connectivity index (χ0n) is 24.1. The molecule has 43 heavy (non-hydrogen) atoms. The van der Waals surface area contributed by atoms with Crippen molar-refractivity contribution in [3.63, 3.8) is 0 Å². The van der Waals surface area contributed by atoms with Crippen LogP contribution in [0.2, 0.25) is 0 Å². The SMILES string of the molecule is O=C1NC2(C(=O)NS(=O)(=O)C3CC3)CC2C=CCCCCCNC(=O)N2CC(OC(=O)N3CCCc4ccccc43)CC12. The number of para-hydroxylation sites is 1. The van der Waals surface area contributed by atoms with Crippen molar-refractivity contribution in [3.8, 4) is 0 Å². The quantitative estimate of drug-likeness (QED) is 0.441. The largest absolute Gasteiger partial charge is 0.444 e. The zero-order chi connectivity index (χ0) is 30.2. The average Bonchev–Trinajstić information content (AvgIpc) is 3.91. The summed E-state index contributed by atoms with van der Waals surface area (Å²) in [5, 5.41) is 5.11. The van der Waals surface area contributed by atoms with Crippen LogP contribution in [0, 0.1) is 5.92 Å². The van der Waals surface area contributed by atoms with Gasteiger partial charge in [-0.2, -0.15) is 0 Å². The first-order chi connectivity index (χ1) is 20.7. The van der Waals surface area contributed by atoms with E-state index in [2.05, 4.69) is 15.4 Å². The van der Waals surface area contributed by atoms with Crippen LogP contribution in [0.5, 0.6) is 0 Å². The number of carbonyl (C=O) groups excluding carboxylic acids is 4. The number of rotatable bonds is 4. The van der Waals surface area contributed by atoms with E-state index in [1.54, 1.807) is 4.90 Å². The molecule has 5 amide bonds. The maximum Gasteiger partial charge on any atom is 0.414 e. The van der Waals surface area contributed by atoms with Gasteiger partial charge in [0.1, 0.15) is 17.7 Å². The number of sulfonamides is 1. The first kappa shape index (κ1) is 29.5. The summed E-state index contributed by atoms with van der Waals surface area (Å²) >= 11 is 0. The minimum Gasteiger partial charge on any atom is -0.444 e. The highest BCUT2D eigenvalue weighted by Gasteiger charge is 2.62. The van der Waals surface area contributed by atoms with Gasteiger partial charge in [-0.15, -0.1) is 0 Å². The van der Waals surface area contributed by atoms with Crippen molar-refractivity contribution in [2.75, 3.05) is 24.5 Å². The molecule has 232 valence electrons. The molecule has 4 atom stereocenters. The maximum atomic E-state index is 13.8. The van der Waals surface area contributed by atoms with Crippen LogP contribution >= 0.6 is 0 Å². The summed E-state index contributed by atoms with van der Waals surface area (Å²) in [6.45, 7) is 0.965. The van der Waals surface area contributed by atoms with Crippen molar-refractivity contribution in [3.05, 3.63) is 42.0 Å². The van der Waals surface area contributed by atoms with Gasteiger partial charge in [-0.1, -0.05) is 36.8 Å². The number of hydrogen-bond acceptors (Lipinski definition) is 7. The molecular weight excluding hydrogens is 574 g/mol. The van der Waals surface area contributed by atoms with Gasteiger partial charge >= 0.3 is 12.1 Å². The second-order valence-corrected chi connectivity index (χ2v) is 14.2. The van der Waals surface area contributed by atoms with E-state index in [0.29, 0.717) is 25.9 Å². The lowest BCUT2D eigenvalue weighted by Gasteiger charge is -2.29. The number of aryl methyl sites for hydroxylation is 1. The van der Waals surface area contributed by atoms with Gasteiger partial charge in [0.25, 0.3) is 5.91 Å². The number of nitrogens with zero attached hydrogens (tertiary/aromatic N) is 2. The molecule has 1 saturated heterocycles. The fourth-order valence-electron chi connectivity index (χ4n) is 6.37. The molecule has 3 N–H and O–H groups in total. The molecule has 0 spiro atoms. The van der Waals surface area contributed by atoms with Crippen LogP contribution in [0.3, 0.4) is 0 Å². The summed E-state index contributed by atoms with van der Waals surface area (Å²) in [5.74, 6) is -1.71. The second-order valence-electron chi connectivity index (χ2n) is 12.2. The van der Waals surface area contributed by atoms with Gasteiger partial charge in [-0.25, -0.2) is 18.0 Å². The first-order valence-corrected chi connectivity index (χ1v) is 16.9. The maximum absolute atomic E-state index is 13.8. The highest BCUT2D eigenvalue weighted by Crippen LogP contribution is 2.46. The number of carbonyl (C=O) groups is 4. The van der Waals surface area contributed by atoms with Crippen LogP contribution in [0.4, 0.5) is 15.3 Å². The number of hydrogen-bond donors (Lipinski definition) is 3. The van der Waals surface area contributed by atoms with Gasteiger partial charge < -0.3 is 20.3 Å². The van der Waals surface area contributed by atoms with E-state index in [9.17, 15) is 27.6 Å². The lowest BCUT2D eigenvalue weighted by atomic mass is 10.0. The van der Waals surface area contributed by atoms with E-state index in [0.717, 1.165) is 49.8 Å². The molecule has 0 bridgehead atoms. The molecule has 3 fully saturated rings. The van der Waals surface area contributed by atoms with Crippen molar-refractivity contribution in [2.24, 2.45) is 5.92 Å². The fraction of sp³-hybridized carbons (Fsp3) is 0.600. The predicted molar refractivity (Wildman–Crippen MR) is 158 cm³/mol. The van der Waals surface area contributed by atoms with E-state index >= 15 is 0 Å². The third kappa shape index (κ3) is 6.22. The number of ether oxygens (including phenoxy) is 1. The van der Waals surface area contributed by atoms with Gasteiger partial charge in [0.05, 0.1) is 17.5 Å². The Kier molecular flexibility index (Phi) is 8.10. The Labute approximate surface area is 251 Å². The lowest BCUT2D eigenvalue weighted by molar-refractivity contribution is -0.131. The number of benzene rings is 1. The Morgan fingerprint density at radius 3 is 2.70 bits per heavy atom. The van der Waals surface area contributed by atoms with Crippen molar-refractivity contribution in [1.82, 2.24) is 20.3 Å². The Morgan fingerprint density at radius 2 is 1.88 bits per heavy atom. The van der Waals surface area contributed by atoms with Gasteiger partial charge in [0.15, 0.2) is 0 Å². The molecule has 12 nitrogen and oxygen atoms in total. The van der Waals surface area contributed by atoms with Crippen LogP contribution in [-0.2, 0) is 30.8 Å². The molecule has 3 heterocycles. The first-order valence-electron chi connectivity index (χ1n) is 15.3. The number of amides is 5. The summed E-state index contributed by atoms with van der Waals surface area (Å²) in [4.78, 5) is 56.7. The molecule has 13 heteroatoms. The van der Waals surface area contributed by atoms with Crippen molar-refractivity contribution < 1.29 is 32.3 Å². The fourth-order valence-corrected chi connectivity index (χ4v) is 7.74. The summed E-state index contributed by atoms with van der Waals surface area (Å²) in [5.41, 5.74) is 0.428. The molecule has 6 rings (SSSR count). The molecular formula is C30H39N5O7S. The van der Waals surface area contributed by atoms with E-state index in [1.165, 1.54) is 4.90 Å². The second kappa shape index (κ2) is 11.8. The number of nitrogens with one attached hydrogen (secondary N) is 3. The average molecular weight is 614 g/mol. The zero-order valence-corrected chi connectivity index (χ0v) is 24.9. The minimum absolute atomic E-state index is 0.0176. The molecule has 2 saturated carbocycles. The van der Waals surface area contributed by atoms with Crippen LogP contribution < -0.4 is 20.3 Å². The topological polar surface area (TPSA) is 154 Å². The minimum atomic E-state index is -3.82. The Balaban J connectivity index is 1.20. The normalized spacial score (nSPS) is 29.5. The number of fused-ring (bicyclic) bond motifs is 3. The van der Waals surface area contributed by atoms with E-state index in [4.69, 9.17) is 4.74 Å². The monoisotopic (exact) mass is 613 g/mol. The van der Waals surface area contributed by atoms with Gasteiger partial charge in [-0.3, -0.25) is 19.2 Å². The number of allylic oxidation sites excluding steroid dienone is 1. The van der Waals surface area contributed by atoms with Crippen molar-refractivity contribution in [2.45, 2.75) is 87.1 Å². The van der Waals surface area contributed by atoms with Gasteiger partial charge in [0.2, 0.25) is 15.9 Å². The van der Waals surface area contributed by atoms with Gasteiger partial charge in [0, 0.05) is 25.4 Å². The highest BCUT2D eigenvalue weighted by atomic mass is 32.2. The number of urea groups is 1. The van der Waals surface area contributed by atoms with E-state index in [-0.39, 0.29) is 25.3 Å².